The third-order valence-electron chi connectivity index (χ3n) is 2.45. The van der Waals surface area contributed by atoms with Gasteiger partial charge in [-0.05, 0) is 12.2 Å². The summed E-state index contributed by atoms with van der Waals surface area (Å²) in [6.07, 6.45) is 4.88. The van der Waals surface area contributed by atoms with Gasteiger partial charge in [-0.2, -0.15) is 0 Å². The number of hydrogen-bond donors (Lipinski definition) is 0. The van der Waals surface area contributed by atoms with Crippen molar-refractivity contribution < 1.29 is 14.3 Å². The van der Waals surface area contributed by atoms with Gasteiger partial charge < -0.3 is 9.47 Å². The van der Waals surface area contributed by atoms with Crippen molar-refractivity contribution in [1.82, 2.24) is 0 Å². The molecule has 70 valence electrons. The van der Waals surface area contributed by atoms with E-state index >= 15 is 0 Å². The zero-order chi connectivity index (χ0) is 9.26. The molecule has 0 aromatic rings. The molecule has 2 rings (SSSR count). The number of rotatable bonds is 1. The number of carbonyl (C=O) groups excluding carboxylic acids is 1. The van der Waals surface area contributed by atoms with Crippen LogP contribution in [0.4, 0.5) is 0 Å². The molecular weight excluding hydrogens is 168 g/mol. The molecule has 1 unspecified atom stereocenters. The maximum Gasteiger partial charge on any atom is 0.147 e. The van der Waals surface area contributed by atoms with Crippen molar-refractivity contribution in [3.05, 3.63) is 23.7 Å². The molecule has 1 atom stereocenters. The van der Waals surface area contributed by atoms with Crippen molar-refractivity contribution in [2.75, 3.05) is 13.7 Å². The molecule has 2 aliphatic rings. The first-order valence-corrected chi connectivity index (χ1v) is 4.41. The lowest BCUT2D eigenvalue weighted by atomic mass is 9.90. The maximum atomic E-state index is 11.5. The van der Waals surface area contributed by atoms with Crippen LogP contribution in [0.2, 0.25) is 0 Å². The molecular formula is C10H12O3. The van der Waals surface area contributed by atoms with Gasteiger partial charge in [-0.15, -0.1) is 0 Å². The molecule has 1 aliphatic carbocycles. The molecule has 0 radical (unpaired) electrons. The standard InChI is InChI=1S/C10H12O3/c1-12-7-2-3-10-8(6-7)9(11)4-5-13-10/h2-3,8H,4-6H2,1H3. The largest absolute Gasteiger partial charge is 0.501 e. The van der Waals surface area contributed by atoms with Crippen LogP contribution in [0.3, 0.4) is 0 Å². The molecule has 1 fully saturated rings. The number of hydrogen-bond acceptors (Lipinski definition) is 3. The highest BCUT2D eigenvalue weighted by molar-refractivity contribution is 5.84. The molecule has 1 saturated heterocycles. The quantitative estimate of drug-likeness (QED) is 0.612. The van der Waals surface area contributed by atoms with Crippen molar-refractivity contribution >= 4 is 5.78 Å². The Balaban J connectivity index is 2.21. The summed E-state index contributed by atoms with van der Waals surface area (Å²) in [5.41, 5.74) is 0. The number of methoxy groups -OCH3 is 1. The maximum absolute atomic E-state index is 11.5. The SMILES string of the molecule is COC1=CC=C2OCCC(=O)C2C1. The molecule has 3 nitrogen and oxygen atoms in total. The van der Waals surface area contributed by atoms with Gasteiger partial charge in [-0.3, -0.25) is 4.79 Å². The number of fused-ring (bicyclic) bond motifs is 1. The van der Waals surface area contributed by atoms with Gasteiger partial charge in [0.05, 0.1) is 25.4 Å². The van der Waals surface area contributed by atoms with E-state index in [1.165, 1.54) is 0 Å². The fourth-order valence-electron chi connectivity index (χ4n) is 1.68. The Labute approximate surface area is 77.0 Å². The van der Waals surface area contributed by atoms with Crippen LogP contribution in [0.25, 0.3) is 0 Å². The second-order valence-corrected chi connectivity index (χ2v) is 3.23. The first kappa shape index (κ1) is 8.35. The average molecular weight is 180 g/mol. The van der Waals surface area contributed by atoms with E-state index in [0.717, 1.165) is 11.5 Å². The predicted molar refractivity (Wildman–Crippen MR) is 46.9 cm³/mol. The number of ether oxygens (including phenoxy) is 2. The molecule has 0 N–H and O–H groups in total. The zero-order valence-electron chi connectivity index (χ0n) is 7.58. The summed E-state index contributed by atoms with van der Waals surface area (Å²) in [6, 6.07) is 0. The van der Waals surface area contributed by atoms with Crippen LogP contribution >= 0.6 is 0 Å². The number of carbonyl (C=O) groups is 1. The van der Waals surface area contributed by atoms with Crippen molar-refractivity contribution in [3.8, 4) is 0 Å². The highest BCUT2D eigenvalue weighted by Crippen LogP contribution is 2.30. The van der Waals surface area contributed by atoms with Crippen molar-refractivity contribution in [1.29, 1.82) is 0 Å². The smallest absolute Gasteiger partial charge is 0.147 e. The van der Waals surface area contributed by atoms with Crippen LogP contribution in [-0.2, 0) is 14.3 Å². The Kier molecular flexibility index (Phi) is 2.08. The van der Waals surface area contributed by atoms with Crippen LogP contribution < -0.4 is 0 Å². The van der Waals surface area contributed by atoms with E-state index in [1.807, 2.05) is 12.2 Å². The Bertz CT molecular complexity index is 289. The van der Waals surface area contributed by atoms with Gasteiger partial charge in [0.25, 0.3) is 0 Å². The van der Waals surface area contributed by atoms with Gasteiger partial charge >= 0.3 is 0 Å². The van der Waals surface area contributed by atoms with Crippen LogP contribution in [-0.4, -0.2) is 19.5 Å². The van der Waals surface area contributed by atoms with E-state index in [-0.39, 0.29) is 11.7 Å². The molecule has 0 aromatic carbocycles. The molecule has 13 heavy (non-hydrogen) atoms. The first-order valence-electron chi connectivity index (χ1n) is 4.41. The Morgan fingerprint density at radius 2 is 2.38 bits per heavy atom. The predicted octanol–water partition coefficient (Wildman–Crippen LogP) is 1.41. The Morgan fingerprint density at radius 1 is 1.54 bits per heavy atom. The van der Waals surface area contributed by atoms with Crippen molar-refractivity contribution in [3.63, 3.8) is 0 Å². The lowest BCUT2D eigenvalue weighted by molar-refractivity contribution is -0.126. The summed E-state index contributed by atoms with van der Waals surface area (Å²) < 4.78 is 10.5. The third kappa shape index (κ3) is 1.46. The van der Waals surface area contributed by atoms with Gasteiger partial charge in [0, 0.05) is 12.8 Å². The normalized spacial score (nSPS) is 26.8. The third-order valence-corrected chi connectivity index (χ3v) is 2.45. The Hall–Kier alpha value is -1.25. The van der Waals surface area contributed by atoms with Crippen LogP contribution in [0.5, 0.6) is 0 Å². The van der Waals surface area contributed by atoms with Gasteiger partial charge in [-0.1, -0.05) is 0 Å². The molecule has 0 spiro atoms. The molecule has 0 amide bonds. The van der Waals surface area contributed by atoms with Crippen molar-refractivity contribution in [2.45, 2.75) is 12.8 Å². The molecule has 0 aromatic heterocycles. The second kappa shape index (κ2) is 3.24. The monoisotopic (exact) mass is 180 g/mol. The number of allylic oxidation sites excluding steroid dienone is 4. The number of Topliss-reactive ketones (excluding diaryl/α,β-unsaturated/α-hetero) is 1. The summed E-state index contributed by atoms with van der Waals surface area (Å²) in [4.78, 5) is 11.5. The molecule has 0 saturated carbocycles. The zero-order valence-corrected chi connectivity index (χ0v) is 7.58. The van der Waals surface area contributed by atoms with Crippen LogP contribution in [0.1, 0.15) is 12.8 Å². The van der Waals surface area contributed by atoms with Crippen LogP contribution in [0.15, 0.2) is 23.7 Å². The summed E-state index contributed by atoms with van der Waals surface area (Å²) in [5, 5.41) is 0. The molecule has 1 aliphatic heterocycles. The fraction of sp³-hybridized carbons (Fsp3) is 0.500. The fourth-order valence-corrected chi connectivity index (χ4v) is 1.68. The second-order valence-electron chi connectivity index (χ2n) is 3.23. The minimum absolute atomic E-state index is 0.0892. The van der Waals surface area contributed by atoms with E-state index in [0.29, 0.717) is 19.4 Å². The van der Waals surface area contributed by atoms with Crippen molar-refractivity contribution in [2.24, 2.45) is 5.92 Å². The minimum Gasteiger partial charge on any atom is -0.501 e. The summed E-state index contributed by atoms with van der Waals surface area (Å²) in [6.45, 7) is 0.525. The minimum atomic E-state index is -0.0892. The van der Waals surface area contributed by atoms with Gasteiger partial charge in [0.2, 0.25) is 0 Å². The molecule has 0 bridgehead atoms. The lowest BCUT2D eigenvalue weighted by Gasteiger charge is -2.27. The van der Waals surface area contributed by atoms with E-state index in [9.17, 15) is 4.79 Å². The van der Waals surface area contributed by atoms with E-state index in [2.05, 4.69) is 0 Å². The van der Waals surface area contributed by atoms with E-state index in [1.54, 1.807) is 7.11 Å². The first-order chi connectivity index (χ1) is 6.31. The molecule has 3 heteroatoms. The number of ketones is 1. The summed E-state index contributed by atoms with van der Waals surface area (Å²) in [7, 11) is 1.62. The highest BCUT2D eigenvalue weighted by Gasteiger charge is 2.31. The van der Waals surface area contributed by atoms with Gasteiger partial charge in [0.15, 0.2) is 0 Å². The van der Waals surface area contributed by atoms with Gasteiger partial charge in [-0.25, -0.2) is 0 Å². The molecule has 1 heterocycles. The van der Waals surface area contributed by atoms with Crippen LogP contribution in [0, 0.1) is 5.92 Å². The van der Waals surface area contributed by atoms with E-state index in [4.69, 9.17) is 9.47 Å². The Morgan fingerprint density at radius 3 is 3.15 bits per heavy atom. The summed E-state index contributed by atoms with van der Waals surface area (Å²) >= 11 is 0. The van der Waals surface area contributed by atoms with E-state index < -0.39 is 0 Å². The summed E-state index contributed by atoms with van der Waals surface area (Å²) in [5.74, 6) is 1.83. The topological polar surface area (TPSA) is 35.5 Å². The van der Waals surface area contributed by atoms with Gasteiger partial charge in [0.1, 0.15) is 11.5 Å². The lowest BCUT2D eigenvalue weighted by Crippen LogP contribution is -2.27. The average Bonchev–Trinajstić information content (AvgIpc) is 2.18. The highest BCUT2D eigenvalue weighted by atomic mass is 16.5.